The van der Waals surface area contributed by atoms with Crippen LogP contribution in [0.4, 0.5) is 5.88 Å². The zero-order valence-electron chi connectivity index (χ0n) is 13.0. The summed E-state index contributed by atoms with van der Waals surface area (Å²) in [6.07, 6.45) is 2.33. The van der Waals surface area contributed by atoms with Gasteiger partial charge in [-0.05, 0) is 0 Å². The molecule has 0 atom stereocenters. The SMILES string of the molecule is CC(C)(C)c1cc(NC(=O)COC(=O)c2cc[n+]([O-])cc2)on1. The molecule has 2 aromatic heterocycles. The van der Waals surface area contributed by atoms with Crippen molar-refractivity contribution in [1.29, 1.82) is 0 Å². The number of amides is 1. The predicted octanol–water partition coefficient (Wildman–Crippen LogP) is 1.40. The van der Waals surface area contributed by atoms with E-state index in [1.807, 2.05) is 20.8 Å². The average Bonchev–Trinajstić information content (AvgIpc) is 2.94. The van der Waals surface area contributed by atoms with Crippen molar-refractivity contribution in [2.75, 3.05) is 11.9 Å². The maximum Gasteiger partial charge on any atom is 0.339 e. The number of carbonyl (C=O) groups excluding carboxylic acids is 2. The zero-order chi connectivity index (χ0) is 17.0. The van der Waals surface area contributed by atoms with Crippen molar-refractivity contribution in [3.05, 3.63) is 47.1 Å². The molecule has 0 aromatic carbocycles. The monoisotopic (exact) mass is 319 g/mol. The van der Waals surface area contributed by atoms with Gasteiger partial charge in [-0.25, -0.2) is 4.79 Å². The summed E-state index contributed by atoms with van der Waals surface area (Å²) >= 11 is 0. The molecule has 0 saturated heterocycles. The lowest BCUT2D eigenvalue weighted by molar-refractivity contribution is -0.605. The molecular weight excluding hydrogens is 302 g/mol. The van der Waals surface area contributed by atoms with Gasteiger partial charge in [0.1, 0.15) is 0 Å². The van der Waals surface area contributed by atoms with Crippen LogP contribution in [0.3, 0.4) is 0 Å². The van der Waals surface area contributed by atoms with Gasteiger partial charge in [0.25, 0.3) is 5.91 Å². The highest BCUT2D eigenvalue weighted by Gasteiger charge is 2.20. The fourth-order valence-electron chi connectivity index (χ4n) is 1.62. The molecule has 0 aliphatic carbocycles. The lowest BCUT2D eigenvalue weighted by atomic mass is 9.92. The molecule has 1 N–H and O–H groups in total. The Morgan fingerprint density at radius 1 is 1.35 bits per heavy atom. The highest BCUT2D eigenvalue weighted by Crippen LogP contribution is 2.23. The van der Waals surface area contributed by atoms with Gasteiger partial charge in [0, 0.05) is 23.6 Å². The predicted molar refractivity (Wildman–Crippen MR) is 79.5 cm³/mol. The van der Waals surface area contributed by atoms with Crippen LogP contribution in [-0.2, 0) is 14.9 Å². The lowest BCUT2D eigenvalue weighted by Crippen LogP contribution is -2.25. The van der Waals surface area contributed by atoms with Crippen molar-refractivity contribution in [2.24, 2.45) is 0 Å². The minimum absolute atomic E-state index is 0.180. The maximum atomic E-state index is 11.7. The second-order valence-corrected chi connectivity index (χ2v) is 5.90. The number of esters is 1. The number of pyridine rings is 1. The minimum Gasteiger partial charge on any atom is -0.619 e. The highest BCUT2D eigenvalue weighted by molar-refractivity contribution is 5.94. The van der Waals surface area contributed by atoms with Crippen LogP contribution in [0.5, 0.6) is 0 Å². The number of aromatic nitrogens is 2. The summed E-state index contributed by atoms with van der Waals surface area (Å²) in [7, 11) is 0. The first-order valence-corrected chi connectivity index (χ1v) is 6.89. The van der Waals surface area contributed by atoms with Gasteiger partial charge in [-0.1, -0.05) is 25.9 Å². The van der Waals surface area contributed by atoms with Gasteiger partial charge in [0.15, 0.2) is 19.0 Å². The summed E-state index contributed by atoms with van der Waals surface area (Å²) < 4.78 is 10.4. The van der Waals surface area contributed by atoms with Crippen LogP contribution < -0.4 is 10.0 Å². The van der Waals surface area contributed by atoms with Crippen LogP contribution in [0.15, 0.2) is 35.1 Å². The molecule has 8 nitrogen and oxygen atoms in total. The number of ether oxygens (including phenoxy) is 1. The van der Waals surface area contributed by atoms with Crippen molar-refractivity contribution in [2.45, 2.75) is 26.2 Å². The molecule has 2 aromatic rings. The van der Waals surface area contributed by atoms with Crippen molar-refractivity contribution in [3.8, 4) is 0 Å². The Labute approximate surface area is 132 Å². The molecule has 0 saturated carbocycles. The molecule has 2 heterocycles. The molecule has 23 heavy (non-hydrogen) atoms. The number of hydrogen-bond donors (Lipinski definition) is 1. The van der Waals surface area contributed by atoms with Gasteiger partial charge in [-0.2, -0.15) is 4.73 Å². The molecule has 0 fully saturated rings. The first kappa shape index (κ1) is 16.5. The molecule has 0 unspecified atom stereocenters. The van der Waals surface area contributed by atoms with E-state index in [0.717, 1.165) is 0 Å². The van der Waals surface area contributed by atoms with Crippen LogP contribution in [0.25, 0.3) is 0 Å². The Hall–Kier alpha value is -2.90. The van der Waals surface area contributed by atoms with Gasteiger partial charge in [0.05, 0.1) is 11.3 Å². The fourth-order valence-corrected chi connectivity index (χ4v) is 1.62. The topological polar surface area (TPSA) is 108 Å². The standard InChI is InChI=1S/C15H17N3O5/c1-15(2,3)11-8-13(23-17-11)16-12(19)9-22-14(20)10-4-6-18(21)7-5-10/h4-8H,9H2,1-3H3,(H,16,19). The fraction of sp³-hybridized carbons (Fsp3) is 0.333. The molecule has 0 aliphatic rings. The second kappa shape index (κ2) is 6.47. The maximum absolute atomic E-state index is 11.7. The van der Waals surface area contributed by atoms with Crippen LogP contribution in [-0.4, -0.2) is 23.6 Å². The number of rotatable bonds is 4. The van der Waals surface area contributed by atoms with Crippen LogP contribution in [0.2, 0.25) is 0 Å². The summed E-state index contributed by atoms with van der Waals surface area (Å²) in [6.45, 7) is 5.41. The van der Waals surface area contributed by atoms with Gasteiger partial charge < -0.3 is 14.5 Å². The van der Waals surface area contributed by atoms with E-state index in [-0.39, 0.29) is 16.9 Å². The highest BCUT2D eigenvalue weighted by atomic mass is 16.5. The second-order valence-electron chi connectivity index (χ2n) is 5.90. The summed E-state index contributed by atoms with van der Waals surface area (Å²) in [6, 6.07) is 4.22. The smallest absolute Gasteiger partial charge is 0.339 e. The molecule has 8 heteroatoms. The Kier molecular flexibility index (Phi) is 4.63. The van der Waals surface area contributed by atoms with Crippen molar-refractivity contribution < 1.29 is 23.6 Å². The van der Waals surface area contributed by atoms with Gasteiger partial charge in [-0.15, -0.1) is 0 Å². The van der Waals surface area contributed by atoms with Crippen molar-refractivity contribution >= 4 is 17.8 Å². The van der Waals surface area contributed by atoms with E-state index in [4.69, 9.17) is 9.26 Å². The summed E-state index contributed by atoms with van der Waals surface area (Å²) in [4.78, 5) is 23.4. The zero-order valence-corrected chi connectivity index (χ0v) is 13.0. The van der Waals surface area contributed by atoms with E-state index >= 15 is 0 Å². The normalized spacial score (nSPS) is 11.1. The van der Waals surface area contributed by atoms with E-state index < -0.39 is 18.5 Å². The van der Waals surface area contributed by atoms with Crippen molar-refractivity contribution in [1.82, 2.24) is 5.16 Å². The molecular formula is C15H17N3O5. The lowest BCUT2D eigenvalue weighted by Gasteiger charge is -2.12. The Balaban J connectivity index is 1.86. The van der Waals surface area contributed by atoms with Crippen molar-refractivity contribution in [3.63, 3.8) is 0 Å². The van der Waals surface area contributed by atoms with E-state index in [2.05, 4.69) is 10.5 Å². The number of carbonyl (C=O) groups is 2. The Morgan fingerprint density at radius 2 is 2.00 bits per heavy atom. The third-order valence-corrected chi connectivity index (χ3v) is 2.91. The van der Waals surface area contributed by atoms with Gasteiger partial charge in [0.2, 0.25) is 5.88 Å². The summed E-state index contributed by atoms with van der Waals surface area (Å²) in [5, 5.41) is 17.2. The number of nitrogens with one attached hydrogen (secondary N) is 1. The first-order valence-electron chi connectivity index (χ1n) is 6.89. The molecule has 1 amide bonds. The van der Waals surface area contributed by atoms with Gasteiger partial charge >= 0.3 is 5.97 Å². The van der Waals surface area contributed by atoms with E-state index in [1.165, 1.54) is 24.5 Å². The molecule has 0 bridgehead atoms. The number of anilines is 1. The Morgan fingerprint density at radius 3 is 2.57 bits per heavy atom. The molecule has 0 spiro atoms. The number of hydrogen-bond acceptors (Lipinski definition) is 6. The molecule has 122 valence electrons. The third-order valence-electron chi connectivity index (χ3n) is 2.91. The Bertz CT molecular complexity index is 701. The van der Waals surface area contributed by atoms with E-state index in [9.17, 15) is 14.8 Å². The molecule has 0 radical (unpaired) electrons. The average molecular weight is 319 g/mol. The van der Waals surface area contributed by atoms with Crippen LogP contribution >= 0.6 is 0 Å². The van der Waals surface area contributed by atoms with E-state index in [0.29, 0.717) is 10.4 Å². The van der Waals surface area contributed by atoms with E-state index in [1.54, 1.807) is 6.07 Å². The van der Waals surface area contributed by atoms with Crippen LogP contribution in [0, 0.1) is 5.21 Å². The third kappa shape index (κ3) is 4.53. The van der Waals surface area contributed by atoms with Gasteiger partial charge in [-0.3, -0.25) is 10.1 Å². The molecule has 2 rings (SSSR count). The largest absolute Gasteiger partial charge is 0.619 e. The quantitative estimate of drug-likeness (QED) is 0.518. The first-order chi connectivity index (χ1) is 10.8. The minimum atomic E-state index is -0.700. The van der Waals surface area contributed by atoms with Crippen LogP contribution in [0.1, 0.15) is 36.8 Å². The summed E-state index contributed by atoms with van der Waals surface area (Å²) in [5.74, 6) is -1.07. The number of nitrogens with zero attached hydrogens (tertiary/aromatic N) is 2. The molecule has 0 aliphatic heterocycles. The summed E-state index contributed by atoms with van der Waals surface area (Å²) in [5.41, 5.74) is 0.671.